The molecule has 146 valence electrons. The predicted octanol–water partition coefficient (Wildman–Crippen LogP) is 1.93. The van der Waals surface area contributed by atoms with Crippen molar-refractivity contribution in [2.24, 2.45) is 11.8 Å². The first kappa shape index (κ1) is 19.5. The Morgan fingerprint density at radius 2 is 1.59 bits per heavy atom. The van der Waals surface area contributed by atoms with E-state index in [1.54, 1.807) is 0 Å². The molecule has 3 amide bonds. The van der Waals surface area contributed by atoms with Crippen LogP contribution in [0.15, 0.2) is 24.3 Å². The third-order valence-electron chi connectivity index (χ3n) is 5.51. The number of benzene rings is 1. The van der Waals surface area contributed by atoms with Crippen LogP contribution in [0.5, 0.6) is 0 Å². The van der Waals surface area contributed by atoms with Gasteiger partial charge >= 0.3 is 0 Å². The zero-order chi connectivity index (χ0) is 19.4. The van der Waals surface area contributed by atoms with Gasteiger partial charge in [0.25, 0.3) is 0 Å². The monoisotopic (exact) mass is 371 g/mol. The standard InChI is InChI=1S/C21H29N3O3/c1-23(2)14-16-9-7-15(8-10-16)13-22-19(25)11-12-24-20(26)17-5-3-4-6-18(17)21(24)27/h7-10,17-18H,3-6,11-14H2,1-2H3,(H,22,25)/t17-,18+. The molecule has 0 aromatic heterocycles. The first-order chi connectivity index (χ1) is 13.0. The van der Waals surface area contributed by atoms with Gasteiger partial charge in [0, 0.05) is 26.1 Å². The molecule has 1 heterocycles. The van der Waals surface area contributed by atoms with E-state index in [1.165, 1.54) is 10.5 Å². The third-order valence-corrected chi connectivity index (χ3v) is 5.51. The highest BCUT2D eigenvalue weighted by Crippen LogP contribution is 2.37. The Morgan fingerprint density at radius 3 is 2.15 bits per heavy atom. The van der Waals surface area contributed by atoms with Crippen LogP contribution in [0.25, 0.3) is 0 Å². The summed E-state index contributed by atoms with van der Waals surface area (Å²) in [5.41, 5.74) is 2.26. The Balaban J connectivity index is 1.44. The number of nitrogens with zero attached hydrogens (tertiary/aromatic N) is 2. The van der Waals surface area contributed by atoms with Crippen LogP contribution in [0.1, 0.15) is 43.2 Å². The molecule has 0 spiro atoms. The number of amides is 3. The number of likely N-dealkylation sites (tertiary alicyclic amines) is 1. The summed E-state index contributed by atoms with van der Waals surface area (Å²) in [7, 11) is 4.05. The Kier molecular flexibility index (Phi) is 6.26. The molecule has 6 heteroatoms. The predicted molar refractivity (Wildman–Crippen MR) is 102 cm³/mol. The minimum atomic E-state index is -0.144. The fourth-order valence-corrected chi connectivity index (χ4v) is 4.08. The molecule has 27 heavy (non-hydrogen) atoms. The zero-order valence-corrected chi connectivity index (χ0v) is 16.2. The maximum Gasteiger partial charge on any atom is 0.233 e. The summed E-state index contributed by atoms with van der Waals surface area (Å²) in [5.74, 6) is -0.573. The highest BCUT2D eigenvalue weighted by atomic mass is 16.2. The van der Waals surface area contributed by atoms with Gasteiger partial charge in [-0.1, -0.05) is 37.1 Å². The fraction of sp³-hybridized carbons (Fsp3) is 0.571. The molecule has 0 unspecified atom stereocenters. The van der Waals surface area contributed by atoms with Gasteiger partial charge in [0.1, 0.15) is 0 Å². The van der Waals surface area contributed by atoms with Crippen molar-refractivity contribution in [2.75, 3.05) is 20.6 Å². The maximum absolute atomic E-state index is 12.4. The molecule has 1 N–H and O–H groups in total. The topological polar surface area (TPSA) is 69.7 Å². The molecule has 1 aliphatic heterocycles. The van der Waals surface area contributed by atoms with E-state index < -0.39 is 0 Å². The number of nitrogens with one attached hydrogen (secondary N) is 1. The molecule has 1 aliphatic carbocycles. The average Bonchev–Trinajstić information content (AvgIpc) is 2.90. The third kappa shape index (κ3) is 4.75. The van der Waals surface area contributed by atoms with Crippen LogP contribution in [0.2, 0.25) is 0 Å². The van der Waals surface area contributed by atoms with Gasteiger partial charge in [-0.2, -0.15) is 0 Å². The lowest BCUT2D eigenvalue weighted by atomic mass is 9.81. The molecule has 0 radical (unpaired) electrons. The zero-order valence-electron chi connectivity index (χ0n) is 16.2. The number of carbonyl (C=O) groups is 3. The molecule has 2 aliphatic rings. The Labute approximate surface area is 160 Å². The number of fused-ring (bicyclic) bond motifs is 1. The summed E-state index contributed by atoms with van der Waals surface area (Å²) in [4.78, 5) is 40.4. The Hall–Kier alpha value is -2.21. The van der Waals surface area contributed by atoms with Gasteiger partial charge in [-0.3, -0.25) is 19.3 Å². The van der Waals surface area contributed by atoms with Gasteiger partial charge < -0.3 is 10.2 Å². The van der Waals surface area contributed by atoms with Crippen LogP contribution in [0.3, 0.4) is 0 Å². The lowest BCUT2D eigenvalue weighted by molar-refractivity contribution is -0.140. The van der Waals surface area contributed by atoms with E-state index in [0.717, 1.165) is 37.8 Å². The second-order valence-corrected chi connectivity index (χ2v) is 7.91. The quantitative estimate of drug-likeness (QED) is 0.744. The minimum absolute atomic E-state index is 0.0750. The lowest BCUT2D eigenvalue weighted by Gasteiger charge is -2.19. The number of imide groups is 1. The Morgan fingerprint density at radius 1 is 1.04 bits per heavy atom. The summed E-state index contributed by atoms with van der Waals surface area (Å²) < 4.78 is 0. The van der Waals surface area contributed by atoms with Gasteiger partial charge in [-0.25, -0.2) is 0 Å². The maximum atomic E-state index is 12.4. The number of hydrogen-bond acceptors (Lipinski definition) is 4. The van der Waals surface area contributed by atoms with Gasteiger partial charge in [-0.15, -0.1) is 0 Å². The van der Waals surface area contributed by atoms with Crippen LogP contribution >= 0.6 is 0 Å². The molecular formula is C21H29N3O3. The summed E-state index contributed by atoms with van der Waals surface area (Å²) in [6, 6.07) is 8.14. The molecule has 1 aromatic carbocycles. The molecule has 1 aromatic rings. The fourth-order valence-electron chi connectivity index (χ4n) is 4.08. The molecule has 0 bridgehead atoms. The first-order valence-electron chi connectivity index (χ1n) is 9.80. The minimum Gasteiger partial charge on any atom is -0.352 e. The summed E-state index contributed by atoms with van der Waals surface area (Å²) in [6.07, 6.45) is 3.81. The van der Waals surface area contributed by atoms with E-state index in [-0.39, 0.29) is 42.5 Å². The van der Waals surface area contributed by atoms with Crippen LogP contribution in [0.4, 0.5) is 0 Å². The lowest BCUT2D eigenvalue weighted by Crippen LogP contribution is -2.35. The van der Waals surface area contributed by atoms with Crippen LogP contribution in [-0.2, 0) is 27.5 Å². The number of carbonyl (C=O) groups excluding carboxylic acids is 3. The second-order valence-electron chi connectivity index (χ2n) is 7.91. The van der Waals surface area contributed by atoms with E-state index in [9.17, 15) is 14.4 Å². The van der Waals surface area contributed by atoms with Crippen molar-refractivity contribution in [1.29, 1.82) is 0 Å². The molecular weight excluding hydrogens is 342 g/mol. The number of rotatable bonds is 7. The highest BCUT2D eigenvalue weighted by Gasteiger charge is 2.47. The molecule has 2 fully saturated rings. The van der Waals surface area contributed by atoms with Crippen molar-refractivity contribution in [1.82, 2.24) is 15.1 Å². The second kappa shape index (κ2) is 8.65. The molecule has 1 saturated carbocycles. The van der Waals surface area contributed by atoms with Crippen molar-refractivity contribution >= 4 is 17.7 Å². The summed E-state index contributed by atoms with van der Waals surface area (Å²) in [6.45, 7) is 1.53. The molecule has 6 nitrogen and oxygen atoms in total. The van der Waals surface area contributed by atoms with Crippen molar-refractivity contribution < 1.29 is 14.4 Å². The van der Waals surface area contributed by atoms with E-state index in [2.05, 4.69) is 22.3 Å². The van der Waals surface area contributed by atoms with Gasteiger partial charge in [-0.05, 0) is 38.1 Å². The van der Waals surface area contributed by atoms with E-state index in [1.807, 2.05) is 26.2 Å². The SMILES string of the molecule is CN(C)Cc1ccc(CNC(=O)CCN2C(=O)[C@H]3CCCC[C@H]3C2=O)cc1. The molecule has 1 saturated heterocycles. The van der Waals surface area contributed by atoms with Crippen molar-refractivity contribution in [3.05, 3.63) is 35.4 Å². The number of hydrogen-bond donors (Lipinski definition) is 1. The summed E-state index contributed by atoms with van der Waals surface area (Å²) in [5, 5.41) is 2.88. The van der Waals surface area contributed by atoms with E-state index in [4.69, 9.17) is 0 Å². The molecule has 3 rings (SSSR count). The van der Waals surface area contributed by atoms with E-state index >= 15 is 0 Å². The highest BCUT2D eigenvalue weighted by molar-refractivity contribution is 6.05. The van der Waals surface area contributed by atoms with Gasteiger partial charge in [0.2, 0.25) is 17.7 Å². The van der Waals surface area contributed by atoms with Crippen LogP contribution in [-0.4, -0.2) is 48.2 Å². The van der Waals surface area contributed by atoms with Gasteiger partial charge in [0.15, 0.2) is 0 Å². The normalized spacial score (nSPS) is 22.3. The largest absolute Gasteiger partial charge is 0.352 e. The van der Waals surface area contributed by atoms with Crippen molar-refractivity contribution in [3.63, 3.8) is 0 Å². The van der Waals surface area contributed by atoms with E-state index in [0.29, 0.717) is 6.54 Å². The van der Waals surface area contributed by atoms with Gasteiger partial charge in [0.05, 0.1) is 11.8 Å². The molecule has 2 atom stereocenters. The smallest absolute Gasteiger partial charge is 0.233 e. The average molecular weight is 371 g/mol. The Bertz CT molecular complexity index is 675. The van der Waals surface area contributed by atoms with Crippen LogP contribution < -0.4 is 5.32 Å². The first-order valence-corrected chi connectivity index (χ1v) is 9.80. The van der Waals surface area contributed by atoms with Crippen LogP contribution in [0, 0.1) is 11.8 Å². The van der Waals surface area contributed by atoms with Crippen molar-refractivity contribution in [2.45, 2.75) is 45.2 Å². The summed E-state index contributed by atoms with van der Waals surface area (Å²) >= 11 is 0. The van der Waals surface area contributed by atoms with Crippen molar-refractivity contribution in [3.8, 4) is 0 Å².